The second kappa shape index (κ2) is 6.14. The summed E-state index contributed by atoms with van der Waals surface area (Å²) in [7, 11) is 0. The van der Waals surface area contributed by atoms with E-state index >= 15 is 0 Å². The SMILES string of the molecule is CCOC(=O)C1CCC(c2cccc3ccccc23)=CC1=O. The summed E-state index contributed by atoms with van der Waals surface area (Å²) in [5.74, 6) is -1.19. The fourth-order valence-electron chi connectivity index (χ4n) is 2.98. The van der Waals surface area contributed by atoms with E-state index in [1.54, 1.807) is 13.0 Å². The normalized spacial score (nSPS) is 18.1. The molecule has 1 aliphatic rings. The second-order valence-electron chi connectivity index (χ2n) is 5.44. The van der Waals surface area contributed by atoms with Crippen molar-refractivity contribution in [1.29, 1.82) is 0 Å². The molecule has 0 heterocycles. The van der Waals surface area contributed by atoms with Gasteiger partial charge in [-0.25, -0.2) is 0 Å². The van der Waals surface area contributed by atoms with Gasteiger partial charge in [0.2, 0.25) is 0 Å². The van der Waals surface area contributed by atoms with E-state index in [1.807, 2.05) is 24.3 Å². The second-order valence-corrected chi connectivity index (χ2v) is 5.44. The number of fused-ring (bicyclic) bond motifs is 1. The molecule has 112 valence electrons. The molecule has 1 unspecified atom stereocenters. The number of ether oxygens (including phenoxy) is 1. The van der Waals surface area contributed by atoms with Crippen molar-refractivity contribution in [3.8, 4) is 0 Å². The summed E-state index contributed by atoms with van der Waals surface area (Å²) in [6.45, 7) is 2.06. The number of hydrogen-bond acceptors (Lipinski definition) is 3. The van der Waals surface area contributed by atoms with Crippen LogP contribution in [0.15, 0.2) is 48.5 Å². The molecule has 0 N–H and O–H groups in total. The Morgan fingerprint density at radius 1 is 1.18 bits per heavy atom. The Morgan fingerprint density at radius 2 is 1.95 bits per heavy atom. The lowest BCUT2D eigenvalue weighted by Gasteiger charge is -2.20. The number of rotatable bonds is 3. The molecule has 0 aliphatic heterocycles. The molecule has 2 aromatic rings. The van der Waals surface area contributed by atoms with Gasteiger partial charge in [-0.1, -0.05) is 42.5 Å². The standard InChI is InChI=1S/C19H18O3/c1-2-22-19(21)17-11-10-14(12-18(17)20)16-9-5-7-13-6-3-4-8-15(13)16/h3-9,12,17H,2,10-11H2,1H3. The molecule has 0 spiro atoms. The van der Waals surface area contributed by atoms with Crippen molar-refractivity contribution in [3.63, 3.8) is 0 Å². The monoisotopic (exact) mass is 294 g/mol. The topological polar surface area (TPSA) is 43.4 Å². The van der Waals surface area contributed by atoms with Crippen LogP contribution in [0.25, 0.3) is 16.3 Å². The molecule has 0 fully saturated rings. The first-order valence-electron chi connectivity index (χ1n) is 7.60. The Labute approximate surface area is 129 Å². The van der Waals surface area contributed by atoms with Crippen LogP contribution in [-0.2, 0) is 14.3 Å². The molecule has 0 aromatic heterocycles. The zero-order chi connectivity index (χ0) is 15.5. The van der Waals surface area contributed by atoms with Crippen LogP contribution in [0, 0.1) is 5.92 Å². The quantitative estimate of drug-likeness (QED) is 0.639. The highest BCUT2D eigenvalue weighted by Crippen LogP contribution is 2.33. The molecule has 3 nitrogen and oxygen atoms in total. The fraction of sp³-hybridized carbons (Fsp3) is 0.263. The number of hydrogen-bond donors (Lipinski definition) is 0. The Hall–Kier alpha value is -2.42. The van der Waals surface area contributed by atoms with Crippen LogP contribution in [0.4, 0.5) is 0 Å². The molecule has 3 rings (SSSR count). The van der Waals surface area contributed by atoms with Crippen LogP contribution in [-0.4, -0.2) is 18.4 Å². The molecular formula is C19H18O3. The molecule has 0 amide bonds. The first kappa shape index (κ1) is 14.5. The number of allylic oxidation sites excluding steroid dienone is 2. The first-order valence-corrected chi connectivity index (χ1v) is 7.60. The van der Waals surface area contributed by atoms with E-state index < -0.39 is 11.9 Å². The maximum atomic E-state index is 12.3. The van der Waals surface area contributed by atoms with Gasteiger partial charge in [0.1, 0.15) is 5.92 Å². The summed E-state index contributed by atoms with van der Waals surface area (Å²) in [5.41, 5.74) is 2.08. The highest BCUT2D eigenvalue weighted by molar-refractivity contribution is 6.11. The van der Waals surface area contributed by atoms with E-state index in [9.17, 15) is 9.59 Å². The summed E-state index contributed by atoms with van der Waals surface area (Å²) < 4.78 is 4.97. The van der Waals surface area contributed by atoms with E-state index in [1.165, 1.54) is 0 Å². The van der Waals surface area contributed by atoms with Gasteiger partial charge in [-0.3, -0.25) is 9.59 Å². The average Bonchev–Trinajstić information content (AvgIpc) is 2.54. The van der Waals surface area contributed by atoms with E-state index in [0.717, 1.165) is 21.9 Å². The largest absolute Gasteiger partial charge is 0.465 e. The Balaban J connectivity index is 1.95. The minimum absolute atomic E-state index is 0.146. The van der Waals surface area contributed by atoms with Crippen LogP contribution in [0.1, 0.15) is 25.3 Å². The number of ketones is 1. The predicted octanol–water partition coefficient (Wildman–Crippen LogP) is 3.77. The molecule has 22 heavy (non-hydrogen) atoms. The highest BCUT2D eigenvalue weighted by Gasteiger charge is 2.30. The van der Waals surface area contributed by atoms with Crippen molar-refractivity contribution < 1.29 is 14.3 Å². The van der Waals surface area contributed by atoms with Crippen molar-refractivity contribution in [2.24, 2.45) is 5.92 Å². The van der Waals surface area contributed by atoms with Gasteiger partial charge >= 0.3 is 5.97 Å². The van der Waals surface area contributed by atoms with Gasteiger partial charge in [-0.2, -0.15) is 0 Å². The van der Waals surface area contributed by atoms with E-state index in [-0.39, 0.29) is 5.78 Å². The summed E-state index contributed by atoms with van der Waals surface area (Å²) in [4.78, 5) is 24.0. The van der Waals surface area contributed by atoms with Crippen molar-refractivity contribution >= 4 is 28.1 Å². The van der Waals surface area contributed by atoms with Crippen LogP contribution < -0.4 is 0 Å². The van der Waals surface area contributed by atoms with Gasteiger partial charge < -0.3 is 4.74 Å². The fourth-order valence-corrected chi connectivity index (χ4v) is 2.98. The minimum Gasteiger partial charge on any atom is -0.465 e. The van der Waals surface area contributed by atoms with Gasteiger partial charge in [-0.15, -0.1) is 0 Å². The number of benzene rings is 2. The van der Waals surface area contributed by atoms with Crippen molar-refractivity contribution in [2.75, 3.05) is 6.61 Å². The zero-order valence-electron chi connectivity index (χ0n) is 12.5. The number of carbonyl (C=O) groups is 2. The Morgan fingerprint density at radius 3 is 2.73 bits per heavy atom. The molecule has 0 saturated heterocycles. The molecule has 0 bridgehead atoms. The smallest absolute Gasteiger partial charge is 0.316 e. The minimum atomic E-state index is -0.640. The van der Waals surface area contributed by atoms with Crippen molar-refractivity contribution in [1.82, 2.24) is 0 Å². The molecule has 3 heteroatoms. The zero-order valence-corrected chi connectivity index (χ0v) is 12.5. The lowest BCUT2D eigenvalue weighted by molar-refractivity contribution is -0.150. The molecular weight excluding hydrogens is 276 g/mol. The van der Waals surface area contributed by atoms with E-state index in [0.29, 0.717) is 19.4 Å². The summed E-state index contributed by atoms with van der Waals surface area (Å²) in [5, 5.41) is 2.29. The van der Waals surface area contributed by atoms with Crippen LogP contribution >= 0.6 is 0 Å². The molecule has 2 aromatic carbocycles. The van der Waals surface area contributed by atoms with Gasteiger partial charge in [0.15, 0.2) is 5.78 Å². The number of carbonyl (C=O) groups excluding carboxylic acids is 2. The van der Waals surface area contributed by atoms with Crippen LogP contribution in [0.2, 0.25) is 0 Å². The maximum absolute atomic E-state index is 12.3. The third-order valence-corrected chi connectivity index (χ3v) is 4.07. The highest BCUT2D eigenvalue weighted by atomic mass is 16.5. The van der Waals surface area contributed by atoms with E-state index in [4.69, 9.17) is 4.74 Å². The predicted molar refractivity (Wildman–Crippen MR) is 86.3 cm³/mol. The third-order valence-electron chi connectivity index (χ3n) is 4.07. The lowest BCUT2D eigenvalue weighted by atomic mass is 9.84. The Kier molecular flexibility index (Phi) is 4.05. The summed E-state index contributed by atoms with van der Waals surface area (Å²) in [6, 6.07) is 14.2. The van der Waals surface area contributed by atoms with Crippen molar-refractivity contribution in [2.45, 2.75) is 19.8 Å². The average molecular weight is 294 g/mol. The lowest BCUT2D eigenvalue weighted by Crippen LogP contribution is -2.27. The molecule has 0 saturated carbocycles. The first-order chi connectivity index (χ1) is 10.7. The van der Waals surface area contributed by atoms with E-state index in [2.05, 4.69) is 18.2 Å². The van der Waals surface area contributed by atoms with Gasteiger partial charge in [0.05, 0.1) is 6.61 Å². The number of esters is 1. The third kappa shape index (κ3) is 2.67. The summed E-state index contributed by atoms with van der Waals surface area (Å²) in [6.07, 6.45) is 2.85. The van der Waals surface area contributed by atoms with Gasteiger partial charge in [0, 0.05) is 0 Å². The molecule has 1 aliphatic carbocycles. The molecule has 0 radical (unpaired) electrons. The van der Waals surface area contributed by atoms with Crippen LogP contribution in [0.5, 0.6) is 0 Å². The van der Waals surface area contributed by atoms with Crippen LogP contribution in [0.3, 0.4) is 0 Å². The summed E-state index contributed by atoms with van der Waals surface area (Å²) >= 11 is 0. The Bertz CT molecular complexity index is 753. The van der Waals surface area contributed by atoms with Gasteiger partial charge in [-0.05, 0) is 47.8 Å². The molecule has 1 atom stereocenters. The maximum Gasteiger partial charge on any atom is 0.316 e. The van der Waals surface area contributed by atoms with Crippen molar-refractivity contribution in [3.05, 3.63) is 54.1 Å². The van der Waals surface area contributed by atoms with Gasteiger partial charge in [0.25, 0.3) is 0 Å².